The van der Waals surface area contributed by atoms with Gasteiger partial charge in [-0.3, -0.25) is 14.4 Å². The third-order valence-corrected chi connectivity index (χ3v) is 5.28. The quantitative estimate of drug-likeness (QED) is 0.231. The average molecular weight is 465 g/mol. The lowest BCUT2D eigenvalue weighted by Crippen LogP contribution is -2.56. The lowest BCUT2D eigenvalue weighted by molar-refractivity contribution is -0.131. The van der Waals surface area contributed by atoms with Gasteiger partial charge in [0, 0.05) is 24.7 Å². The van der Waals surface area contributed by atoms with Crippen LogP contribution in [0.4, 0.5) is 0 Å². The molecular formula is C24H28N6O4. The van der Waals surface area contributed by atoms with Gasteiger partial charge >= 0.3 is 0 Å². The van der Waals surface area contributed by atoms with Gasteiger partial charge in [-0.1, -0.05) is 42.5 Å². The number of nitrogens with zero attached hydrogens (tertiary/aromatic N) is 1. The third-order valence-electron chi connectivity index (χ3n) is 5.28. The van der Waals surface area contributed by atoms with Crippen LogP contribution in [0, 0.1) is 0 Å². The van der Waals surface area contributed by atoms with Crippen LogP contribution in [0.2, 0.25) is 0 Å². The van der Waals surface area contributed by atoms with Crippen LogP contribution in [0.5, 0.6) is 5.75 Å². The molecule has 1 unspecified atom stereocenters. The lowest BCUT2D eigenvalue weighted by Gasteiger charge is -2.23. The van der Waals surface area contributed by atoms with E-state index in [1.165, 1.54) is 18.5 Å². The molecule has 1 heterocycles. The number of hydrogen-bond acceptors (Lipinski definition) is 6. The van der Waals surface area contributed by atoms with E-state index >= 15 is 0 Å². The van der Waals surface area contributed by atoms with Crippen molar-refractivity contribution in [3.8, 4) is 5.75 Å². The Morgan fingerprint density at radius 1 is 0.882 bits per heavy atom. The number of nitrogens with one attached hydrogen (secondary N) is 3. The molecule has 3 rings (SSSR count). The maximum atomic E-state index is 13.1. The summed E-state index contributed by atoms with van der Waals surface area (Å²) < 4.78 is 0. The molecule has 1 aromatic heterocycles. The van der Waals surface area contributed by atoms with Crippen molar-refractivity contribution in [1.29, 1.82) is 0 Å². The van der Waals surface area contributed by atoms with Gasteiger partial charge in [0.25, 0.3) is 0 Å². The van der Waals surface area contributed by atoms with Crippen LogP contribution in [0.25, 0.3) is 0 Å². The normalized spacial score (nSPS) is 13.4. The number of rotatable bonds is 11. The molecule has 0 spiro atoms. The zero-order valence-corrected chi connectivity index (χ0v) is 18.5. The zero-order chi connectivity index (χ0) is 24.5. The monoisotopic (exact) mass is 464 g/mol. The van der Waals surface area contributed by atoms with Crippen molar-refractivity contribution in [2.75, 3.05) is 0 Å². The number of phenolic OH excluding ortho intramolecular Hbond substituents is 1. The van der Waals surface area contributed by atoms with E-state index in [9.17, 15) is 19.5 Å². The number of aromatic amines is 1. The molecule has 0 fully saturated rings. The summed E-state index contributed by atoms with van der Waals surface area (Å²) in [6.45, 7) is 0. The number of carbonyl (C=O) groups is 3. The largest absolute Gasteiger partial charge is 0.508 e. The van der Waals surface area contributed by atoms with Crippen LogP contribution >= 0.6 is 0 Å². The van der Waals surface area contributed by atoms with E-state index in [1.54, 1.807) is 18.3 Å². The molecule has 0 aliphatic rings. The van der Waals surface area contributed by atoms with E-state index in [1.807, 2.05) is 30.3 Å². The fourth-order valence-electron chi connectivity index (χ4n) is 3.43. The minimum Gasteiger partial charge on any atom is -0.508 e. The molecule has 0 aliphatic carbocycles. The van der Waals surface area contributed by atoms with Gasteiger partial charge in [0.2, 0.25) is 17.7 Å². The van der Waals surface area contributed by atoms with Crippen molar-refractivity contribution < 1.29 is 19.5 Å². The molecule has 10 nitrogen and oxygen atoms in total. The SMILES string of the molecule is NC(=O)C(Cc1ccc(O)cc1)NC(=O)[C@H](Cc1cnc[nH]1)NC(=O)[C@@H](N)Cc1ccccc1. The summed E-state index contributed by atoms with van der Waals surface area (Å²) in [7, 11) is 0. The number of benzene rings is 2. The van der Waals surface area contributed by atoms with Crippen molar-refractivity contribution in [3.05, 3.63) is 83.9 Å². The molecule has 0 radical (unpaired) electrons. The number of phenols is 1. The Morgan fingerprint density at radius 3 is 2.15 bits per heavy atom. The van der Waals surface area contributed by atoms with Crippen LogP contribution in [-0.2, 0) is 33.6 Å². The Morgan fingerprint density at radius 2 is 1.53 bits per heavy atom. The molecule has 10 heteroatoms. The molecular weight excluding hydrogens is 436 g/mol. The van der Waals surface area contributed by atoms with Crippen LogP contribution in [-0.4, -0.2) is 50.9 Å². The second-order valence-electron chi connectivity index (χ2n) is 7.97. The van der Waals surface area contributed by atoms with E-state index in [0.29, 0.717) is 17.7 Å². The van der Waals surface area contributed by atoms with E-state index < -0.39 is 35.8 Å². The molecule has 3 atom stereocenters. The number of nitrogens with two attached hydrogens (primary N) is 2. The molecule has 2 aromatic carbocycles. The lowest BCUT2D eigenvalue weighted by atomic mass is 10.0. The van der Waals surface area contributed by atoms with Crippen molar-refractivity contribution in [2.45, 2.75) is 37.4 Å². The molecule has 0 saturated heterocycles. The van der Waals surface area contributed by atoms with Gasteiger partial charge in [-0.05, 0) is 29.7 Å². The van der Waals surface area contributed by atoms with Crippen molar-refractivity contribution in [2.24, 2.45) is 11.5 Å². The van der Waals surface area contributed by atoms with Crippen LogP contribution in [0.1, 0.15) is 16.8 Å². The zero-order valence-electron chi connectivity index (χ0n) is 18.5. The first-order valence-electron chi connectivity index (χ1n) is 10.8. The summed E-state index contributed by atoms with van der Waals surface area (Å²) in [5.74, 6) is -1.73. The van der Waals surface area contributed by atoms with Crippen molar-refractivity contribution in [3.63, 3.8) is 0 Å². The first kappa shape index (κ1) is 24.5. The number of carbonyl (C=O) groups excluding carboxylic acids is 3. The summed E-state index contributed by atoms with van der Waals surface area (Å²) in [5, 5.41) is 14.7. The Kier molecular flexibility index (Phi) is 8.36. The highest BCUT2D eigenvalue weighted by atomic mass is 16.3. The van der Waals surface area contributed by atoms with Gasteiger partial charge in [0.05, 0.1) is 12.4 Å². The van der Waals surface area contributed by atoms with Gasteiger partial charge in [-0.15, -0.1) is 0 Å². The smallest absolute Gasteiger partial charge is 0.243 e. The molecule has 0 aliphatic heterocycles. The molecule has 3 aromatic rings. The van der Waals surface area contributed by atoms with Crippen LogP contribution in [0.3, 0.4) is 0 Å². The molecule has 178 valence electrons. The highest BCUT2D eigenvalue weighted by Gasteiger charge is 2.28. The summed E-state index contributed by atoms with van der Waals surface area (Å²) in [4.78, 5) is 44.7. The maximum absolute atomic E-state index is 13.1. The second kappa shape index (κ2) is 11.6. The van der Waals surface area contributed by atoms with Gasteiger partial charge in [-0.25, -0.2) is 4.98 Å². The van der Waals surface area contributed by atoms with Gasteiger partial charge in [0.15, 0.2) is 0 Å². The summed E-state index contributed by atoms with van der Waals surface area (Å²) in [6.07, 6.45) is 3.54. The Balaban J connectivity index is 1.70. The van der Waals surface area contributed by atoms with E-state index in [2.05, 4.69) is 20.6 Å². The highest BCUT2D eigenvalue weighted by molar-refractivity contribution is 5.93. The van der Waals surface area contributed by atoms with E-state index in [0.717, 1.165) is 5.56 Å². The first-order chi connectivity index (χ1) is 16.3. The molecule has 3 amide bonds. The predicted octanol–water partition coefficient (Wildman–Crippen LogP) is -0.0746. The Hall–Kier alpha value is -4.18. The fraction of sp³-hybridized carbons (Fsp3) is 0.250. The molecule has 34 heavy (non-hydrogen) atoms. The third kappa shape index (κ3) is 7.17. The van der Waals surface area contributed by atoms with Crippen molar-refractivity contribution >= 4 is 17.7 Å². The predicted molar refractivity (Wildman–Crippen MR) is 125 cm³/mol. The minimum absolute atomic E-state index is 0.0811. The number of imidazole rings is 1. The summed E-state index contributed by atoms with van der Waals surface area (Å²) in [6, 6.07) is 12.6. The number of amides is 3. The number of hydrogen-bond donors (Lipinski definition) is 6. The summed E-state index contributed by atoms with van der Waals surface area (Å²) >= 11 is 0. The number of aromatic nitrogens is 2. The number of primary amides is 1. The Labute approximate surface area is 196 Å². The van der Waals surface area contributed by atoms with Crippen molar-refractivity contribution in [1.82, 2.24) is 20.6 Å². The summed E-state index contributed by atoms with van der Waals surface area (Å²) in [5.41, 5.74) is 13.8. The highest BCUT2D eigenvalue weighted by Crippen LogP contribution is 2.12. The average Bonchev–Trinajstić information content (AvgIpc) is 3.33. The number of aromatic hydroxyl groups is 1. The fourth-order valence-corrected chi connectivity index (χ4v) is 3.43. The molecule has 0 saturated carbocycles. The van der Waals surface area contributed by atoms with E-state index in [-0.39, 0.29) is 18.6 Å². The van der Waals surface area contributed by atoms with Crippen LogP contribution < -0.4 is 22.1 Å². The minimum atomic E-state index is -1.02. The molecule has 8 N–H and O–H groups in total. The number of H-pyrrole nitrogens is 1. The van der Waals surface area contributed by atoms with Gasteiger partial charge < -0.3 is 32.2 Å². The van der Waals surface area contributed by atoms with Gasteiger partial charge in [-0.2, -0.15) is 0 Å². The van der Waals surface area contributed by atoms with Crippen LogP contribution in [0.15, 0.2) is 67.1 Å². The molecule has 0 bridgehead atoms. The van der Waals surface area contributed by atoms with E-state index in [4.69, 9.17) is 11.5 Å². The topological polar surface area (TPSA) is 176 Å². The standard InChI is InChI=1S/C24H28N6O4/c25-19(10-15-4-2-1-3-5-15)23(33)30-21(12-17-13-27-14-28-17)24(34)29-20(22(26)32)11-16-6-8-18(31)9-7-16/h1-9,13-14,19-21,31H,10-12,25H2,(H2,26,32)(H,27,28)(H,29,34)(H,30,33)/t19-,20?,21-/m0/s1. The Bertz CT molecular complexity index is 1090. The second-order valence-corrected chi connectivity index (χ2v) is 7.97. The maximum Gasteiger partial charge on any atom is 0.243 e. The van der Waals surface area contributed by atoms with Gasteiger partial charge in [0.1, 0.15) is 17.8 Å². The first-order valence-corrected chi connectivity index (χ1v) is 10.8.